The molecule has 0 aromatic carbocycles. The molecule has 1 aliphatic rings. The van der Waals surface area contributed by atoms with E-state index in [-0.39, 0.29) is 6.42 Å². The first kappa shape index (κ1) is 53.5. The van der Waals surface area contributed by atoms with Crippen LogP contribution in [0.1, 0.15) is 168 Å². The molecule has 8 atom stereocenters. The summed E-state index contributed by atoms with van der Waals surface area (Å²) < 4.78 is 22.7. The van der Waals surface area contributed by atoms with Crippen LogP contribution in [0.2, 0.25) is 0 Å². The zero-order valence-corrected chi connectivity index (χ0v) is 35.9. The number of rotatable bonds is 35. The number of amides is 1. The summed E-state index contributed by atoms with van der Waals surface area (Å²) in [6.45, 7) is 3.56. The monoisotopic (exact) mass is 834 g/mol. The van der Waals surface area contributed by atoms with Crippen LogP contribution in [0.5, 0.6) is 0 Å². The predicted octanol–water partition coefficient (Wildman–Crippen LogP) is 6.58. The fraction of sp³-hybridized carbons (Fsp3) is 0.837. The average molecular weight is 834 g/mol. The number of unbranched alkanes of at least 4 members (excludes halogenated alkanes) is 18. The molecule has 334 valence electrons. The van der Waals surface area contributed by atoms with Gasteiger partial charge in [-0.2, -0.15) is 0 Å². The predicted molar refractivity (Wildman–Crippen MR) is 224 cm³/mol. The Hall–Kier alpha value is -1.48. The topological polar surface area (TPSA) is 226 Å². The summed E-state index contributed by atoms with van der Waals surface area (Å²) in [7, 11) is -5.13. The molecule has 1 rings (SSSR count). The van der Waals surface area contributed by atoms with Gasteiger partial charge in [0, 0.05) is 0 Å². The van der Waals surface area contributed by atoms with E-state index in [0.29, 0.717) is 12.8 Å². The smallest absolute Gasteiger partial charge is 0.393 e. The molecule has 13 nitrogen and oxygen atoms in total. The maximum atomic E-state index is 12.9. The maximum absolute atomic E-state index is 12.9. The van der Waals surface area contributed by atoms with Crippen molar-refractivity contribution < 1.29 is 59.0 Å². The summed E-state index contributed by atoms with van der Waals surface area (Å²) in [6, 6.07) is -1.24. The van der Waals surface area contributed by atoms with Crippen LogP contribution in [0.15, 0.2) is 36.5 Å². The minimum atomic E-state index is -5.13. The van der Waals surface area contributed by atoms with Crippen LogP contribution < -0.4 is 5.32 Å². The average Bonchev–Trinajstić information content (AvgIpc) is 3.18. The molecule has 0 radical (unpaired) electrons. The summed E-state index contributed by atoms with van der Waals surface area (Å²) in [5.74, 6) is -0.598. The quantitative estimate of drug-likeness (QED) is 0.0187. The van der Waals surface area contributed by atoms with Crippen LogP contribution in [0.25, 0.3) is 0 Å². The van der Waals surface area contributed by atoms with Crippen LogP contribution in [-0.4, -0.2) is 108 Å². The van der Waals surface area contributed by atoms with Crippen LogP contribution in [-0.2, 0) is 18.4 Å². The molecule has 1 amide bonds. The highest BCUT2D eigenvalue weighted by molar-refractivity contribution is 7.47. The summed E-state index contributed by atoms with van der Waals surface area (Å²) >= 11 is 0. The molecule has 1 aliphatic carbocycles. The van der Waals surface area contributed by atoms with Crippen molar-refractivity contribution in [1.29, 1.82) is 0 Å². The molecule has 57 heavy (non-hydrogen) atoms. The van der Waals surface area contributed by atoms with Crippen molar-refractivity contribution in [2.24, 2.45) is 0 Å². The molecule has 0 bridgehead atoms. The molecule has 0 spiro atoms. The second kappa shape index (κ2) is 33.3. The normalized spacial score (nSPS) is 24.3. The van der Waals surface area contributed by atoms with Gasteiger partial charge in [0.25, 0.3) is 0 Å². The Kier molecular flexibility index (Phi) is 31.2. The van der Waals surface area contributed by atoms with Crippen LogP contribution in [0.4, 0.5) is 0 Å². The summed E-state index contributed by atoms with van der Waals surface area (Å²) in [5, 5.41) is 74.1. The Morgan fingerprint density at radius 3 is 1.67 bits per heavy atom. The number of hydrogen-bond donors (Lipinski definition) is 9. The van der Waals surface area contributed by atoms with Gasteiger partial charge in [0.05, 0.1) is 31.3 Å². The van der Waals surface area contributed by atoms with Gasteiger partial charge in [-0.05, 0) is 44.9 Å². The van der Waals surface area contributed by atoms with E-state index in [1.54, 1.807) is 6.08 Å². The second-order valence-electron chi connectivity index (χ2n) is 15.7. The number of phosphoric acid groups is 1. The van der Waals surface area contributed by atoms with E-state index in [9.17, 15) is 50.0 Å². The van der Waals surface area contributed by atoms with E-state index in [2.05, 4.69) is 43.5 Å². The van der Waals surface area contributed by atoms with Crippen molar-refractivity contribution in [2.75, 3.05) is 6.61 Å². The van der Waals surface area contributed by atoms with Crippen molar-refractivity contribution in [3.8, 4) is 0 Å². The number of nitrogens with one attached hydrogen (secondary N) is 1. The Bertz CT molecular complexity index is 1120. The lowest BCUT2D eigenvalue weighted by atomic mass is 9.85. The minimum Gasteiger partial charge on any atom is -0.393 e. The Morgan fingerprint density at radius 1 is 0.649 bits per heavy atom. The number of hydrogen-bond acceptors (Lipinski definition) is 11. The van der Waals surface area contributed by atoms with Gasteiger partial charge in [0.15, 0.2) is 0 Å². The number of carbonyl (C=O) groups excluding carboxylic acids is 1. The van der Waals surface area contributed by atoms with Crippen molar-refractivity contribution in [3.05, 3.63) is 36.5 Å². The molecule has 0 aromatic rings. The number of aliphatic hydroxyl groups is 7. The highest BCUT2D eigenvalue weighted by Gasteiger charge is 2.51. The van der Waals surface area contributed by atoms with Crippen molar-refractivity contribution in [2.45, 2.75) is 223 Å². The van der Waals surface area contributed by atoms with Gasteiger partial charge in [-0.1, -0.05) is 153 Å². The van der Waals surface area contributed by atoms with E-state index in [0.717, 1.165) is 70.6 Å². The van der Waals surface area contributed by atoms with Crippen molar-refractivity contribution in [3.63, 3.8) is 0 Å². The Balaban J connectivity index is 2.45. The zero-order valence-electron chi connectivity index (χ0n) is 35.0. The zero-order chi connectivity index (χ0) is 42.3. The van der Waals surface area contributed by atoms with E-state index in [1.165, 1.54) is 70.3 Å². The molecular formula is C43H80NO12P. The Labute approximate surface area is 343 Å². The number of carbonyl (C=O) groups is 1. The molecule has 1 fully saturated rings. The van der Waals surface area contributed by atoms with Crippen LogP contribution in [0.3, 0.4) is 0 Å². The first-order chi connectivity index (χ1) is 27.3. The SMILES string of the molecule is CC/C=C\C/C=C\CCCCCCCCCCCCCCC(O)CC(=O)NC(COP(=O)(O)OC1C(O)C(O)C(O)C(O)C1O)C(O)/C=C/CCCCCCCC. The van der Waals surface area contributed by atoms with E-state index >= 15 is 0 Å². The highest BCUT2D eigenvalue weighted by atomic mass is 31.2. The summed E-state index contributed by atoms with van der Waals surface area (Å²) in [5.41, 5.74) is 0. The highest BCUT2D eigenvalue weighted by Crippen LogP contribution is 2.47. The first-order valence-corrected chi connectivity index (χ1v) is 23.5. The third kappa shape index (κ3) is 25.7. The third-order valence-electron chi connectivity index (χ3n) is 10.5. The van der Waals surface area contributed by atoms with Gasteiger partial charge in [0.2, 0.25) is 5.91 Å². The molecule has 0 saturated heterocycles. The van der Waals surface area contributed by atoms with Gasteiger partial charge in [0.1, 0.15) is 36.6 Å². The number of aliphatic hydroxyl groups excluding tert-OH is 7. The maximum Gasteiger partial charge on any atom is 0.472 e. The van der Waals surface area contributed by atoms with Crippen molar-refractivity contribution >= 4 is 13.7 Å². The molecule has 14 heteroatoms. The summed E-state index contributed by atoms with van der Waals surface area (Å²) in [4.78, 5) is 23.3. The second-order valence-corrected chi connectivity index (χ2v) is 17.1. The lowest BCUT2D eigenvalue weighted by Gasteiger charge is -2.41. The first-order valence-electron chi connectivity index (χ1n) is 22.0. The van der Waals surface area contributed by atoms with Gasteiger partial charge >= 0.3 is 7.82 Å². The third-order valence-corrected chi connectivity index (χ3v) is 11.5. The van der Waals surface area contributed by atoms with Gasteiger partial charge < -0.3 is 46.0 Å². The molecule has 0 aliphatic heterocycles. The molecule has 8 unspecified atom stereocenters. The molecule has 0 heterocycles. The van der Waals surface area contributed by atoms with E-state index < -0.39 is 75.2 Å². The fourth-order valence-electron chi connectivity index (χ4n) is 6.87. The van der Waals surface area contributed by atoms with Gasteiger partial charge in [-0.15, -0.1) is 0 Å². The van der Waals surface area contributed by atoms with Crippen LogP contribution in [0, 0.1) is 0 Å². The standard InChI is InChI=1S/C43H80NO12P/c1-3-5-7-9-11-13-14-15-16-17-18-19-20-21-22-23-24-26-28-30-34(45)32-37(47)44-35(36(46)31-29-27-25-12-10-8-6-4-2)33-55-57(53,54)56-43-41(51)39(49)38(48)40(50)42(43)52/h5,7,11,13,29,31,34-36,38-43,45-46,48-52H,3-4,6,8-10,12,14-28,30,32-33H2,1-2H3,(H,44,47)(H,53,54)/b7-5-,13-11-,31-29+. The van der Waals surface area contributed by atoms with Gasteiger partial charge in [-0.25, -0.2) is 4.57 Å². The largest absolute Gasteiger partial charge is 0.472 e. The lowest BCUT2D eigenvalue weighted by Crippen LogP contribution is -2.64. The van der Waals surface area contributed by atoms with E-state index in [4.69, 9.17) is 9.05 Å². The molecule has 1 saturated carbocycles. The molecular weight excluding hydrogens is 753 g/mol. The molecule has 9 N–H and O–H groups in total. The van der Waals surface area contributed by atoms with Gasteiger partial charge in [-0.3, -0.25) is 13.8 Å². The van der Waals surface area contributed by atoms with Crippen molar-refractivity contribution in [1.82, 2.24) is 5.32 Å². The number of allylic oxidation sites excluding steroid dienone is 5. The molecule has 0 aromatic heterocycles. The minimum absolute atomic E-state index is 0.246. The lowest BCUT2D eigenvalue weighted by molar-refractivity contribution is -0.220. The number of phosphoric ester groups is 1. The fourth-order valence-corrected chi connectivity index (χ4v) is 7.83. The van der Waals surface area contributed by atoms with E-state index in [1.807, 2.05) is 0 Å². The van der Waals surface area contributed by atoms with Crippen LogP contribution >= 0.6 is 7.82 Å². The Morgan fingerprint density at radius 2 is 1.12 bits per heavy atom. The summed E-state index contributed by atoms with van der Waals surface area (Å²) in [6.07, 6.45) is 22.7.